The van der Waals surface area contributed by atoms with E-state index in [1.165, 1.54) is 11.1 Å². The number of benzene rings is 1. The van der Waals surface area contributed by atoms with E-state index in [-0.39, 0.29) is 29.8 Å². The number of alkyl halides is 1. The number of rotatable bonds is 4. The number of ether oxygens (including phenoxy) is 2. The highest BCUT2D eigenvalue weighted by Gasteiger charge is 2.46. The van der Waals surface area contributed by atoms with E-state index in [2.05, 4.69) is 32.1 Å². The lowest BCUT2D eigenvalue weighted by atomic mass is 9.64. The molecule has 2 bridgehead atoms. The summed E-state index contributed by atoms with van der Waals surface area (Å²) in [5.74, 6) is 0.901. The van der Waals surface area contributed by atoms with Crippen LogP contribution in [-0.2, 0) is 14.3 Å². The molecule has 1 saturated heterocycles. The molecule has 0 N–H and O–H groups in total. The topological polar surface area (TPSA) is 35.5 Å². The normalized spacial score (nSPS) is 33.0. The van der Waals surface area contributed by atoms with Gasteiger partial charge in [0.15, 0.2) is 0 Å². The molecule has 5 atom stereocenters. The van der Waals surface area contributed by atoms with Gasteiger partial charge >= 0.3 is 5.97 Å². The second kappa shape index (κ2) is 7.06. The zero-order chi connectivity index (χ0) is 16.4. The highest BCUT2D eigenvalue weighted by atomic mass is 35.5. The van der Waals surface area contributed by atoms with E-state index in [4.69, 9.17) is 21.1 Å². The van der Waals surface area contributed by atoms with Crippen molar-refractivity contribution in [3.05, 3.63) is 47.5 Å². The largest absolute Gasteiger partial charge is 0.464 e. The van der Waals surface area contributed by atoms with E-state index < -0.39 is 0 Å². The summed E-state index contributed by atoms with van der Waals surface area (Å²) in [5.41, 5.74) is 2.51. The van der Waals surface area contributed by atoms with Gasteiger partial charge < -0.3 is 9.47 Å². The summed E-state index contributed by atoms with van der Waals surface area (Å²) >= 11 is 5.56. The number of esters is 1. The maximum atomic E-state index is 11.5. The van der Waals surface area contributed by atoms with Gasteiger partial charge in [-0.2, -0.15) is 0 Å². The predicted molar refractivity (Wildman–Crippen MR) is 90.2 cm³/mol. The van der Waals surface area contributed by atoms with Gasteiger partial charge in [-0.05, 0) is 24.3 Å². The molecule has 0 aromatic heterocycles. The molecule has 0 unspecified atom stereocenters. The Kier molecular flexibility index (Phi) is 5.08. The number of hydrogen-bond acceptors (Lipinski definition) is 3. The fraction of sp³-hybridized carbons (Fsp3) is 0.526. The van der Waals surface area contributed by atoms with Crippen molar-refractivity contribution in [2.45, 2.75) is 20.0 Å². The minimum atomic E-state index is -0.346. The first-order valence-electron chi connectivity index (χ1n) is 8.18. The molecule has 0 amide bonds. The molecule has 1 heterocycles. The van der Waals surface area contributed by atoms with Crippen LogP contribution < -0.4 is 0 Å². The van der Waals surface area contributed by atoms with Gasteiger partial charge in [0.05, 0.1) is 19.3 Å². The minimum absolute atomic E-state index is 0.0240. The van der Waals surface area contributed by atoms with Gasteiger partial charge in [0, 0.05) is 11.8 Å². The first kappa shape index (κ1) is 16.5. The Morgan fingerprint density at radius 3 is 2.78 bits per heavy atom. The fourth-order valence-corrected chi connectivity index (χ4v) is 4.18. The van der Waals surface area contributed by atoms with Crippen molar-refractivity contribution in [3.63, 3.8) is 0 Å². The number of hydrogen-bond donors (Lipinski definition) is 0. The molecule has 1 aromatic rings. The standard InChI is InChI=1S/C19H23ClO3/c1-12-8-13(2)18-16(11-22-17(21)9-20)15(12)10-23-19(18)14-6-4-3-5-7-14/h3-8,12,15-16,18-19H,9-11H2,1-2H3/t12-,15-,16-,18-,19+/m1/s1. The van der Waals surface area contributed by atoms with Crippen LogP contribution >= 0.6 is 11.6 Å². The summed E-state index contributed by atoms with van der Waals surface area (Å²) in [4.78, 5) is 11.5. The fourth-order valence-electron chi connectivity index (χ4n) is 4.10. The molecule has 3 nitrogen and oxygen atoms in total. The first-order chi connectivity index (χ1) is 11.1. The maximum absolute atomic E-state index is 11.5. The molecular formula is C19H23ClO3. The lowest BCUT2D eigenvalue weighted by Gasteiger charge is -2.48. The number of carbonyl (C=O) groups is 1. The van der Waals surface area contributed by atoms with Crippen LogP contribution in [-0.4, -0.2) is 25.1 Å². The van der Waals surface area contributed by atoms with Crippen LogP contribution in [0, 0.1) is 23.7 Å². The van der Waals surface area contributed by atoms with Crippen LogP contribution in [0.1, 0.15) is 25.5 Å². The minimum Gasteiger partial charge on any atom is -0.464 e. The molecule has 0 saturated carbocycles. The van der Waals surface area contributed by atoms with E-state index in [1.807, 2.05) is 18.2 Å². The monoisotopic (exact) mass is 334 g/mol. The number of fused-ring (bicyclic) bond motifs is 2. The molecule has 1 aliphatic carbocycles. The molecule has 2 aliphatic rings. The van der Waals surface area contributed by atoms with E-state index in [0.717, 1.165) is 0 Å². The average Bonchev–Trinajstić information content (AvgIpc) is 2.58. The Hall–Kier alpha value is -1.32. The van der Waals surface area contributed by atoms with Crippen molar-refractivity contribution < 1.29 is 14.3 Å². The van der Waals surface area contributed by atoms with Gasteiger partial charge in [0.25, 0.3) is 0 Å². The molecule has 23 heavy (non-hydrogen) atoms. The van der Waals surface area contributed by atoms with Crippen LogP contribution in [0.2, 0.25) is 0 Å². The third-order valence-corrected chi connectivity index (χ3v) is 5.42. The maximum Gasteiger partial charge on any atom is 0.320 e. The van der Waals surface area contributed by atoms with Crippen molar-refractivity contribution in [1.82, 2.24) is 0 Å². The second-order valence-corrected chi connectivity index (χ2v) is 6.87. The predicted octanol–water partition coefficient (Wildman–Crippen LogP) is 3.98. The summed E-state index contributed by atoms with van der Waals surface area (Å²) in [5, 5.41) is 0. The summed E-state index contributed by atoms with van der Waals surface area (Å²) in [6, 6.07) is 10.3. The summed E-state index contributed by atoms with van der Waals surface area (Å²) in [7, 11) is 0. The van der Waals surface area contributed by atoms with E-state index in [0.29, 0.717) is 25.0 Å². The summed E-state index contributed by atoms with van der Waals surface area (Å²) < 4.78 is 11.6. The van der Waals surface area contributed by atoms with Crippen molar-refractivity contribution in [2.24, 2.45) is 23.7 Å². The van der Waals surface area contributed by atoms with E-state index in [9.17, 15) is 4.79 Å². The molecule has 4 heteroatoms. The number of carbonyl (C=O) groups excluding carboxylic acids is 1. The van der Waals surface area contributed by atoms with E-state index in [1.54, 1.807) is 0 Å². The zero-order valence-corrected chi connectivity index (χ0v) is 14.3. The van der Waals surface area contributed by atoms with Crippen molar-refractivity contribution in [2.75, 3.05) is 19.1 Å². The molecule has 3 rings (SSSR count). The van der Waals surface area contributed by atoms with Crippen LogP contribution in [0.4, 0.5) is 0 Å². The average molecular weight is 335 g/mol. The summed E-state index contributed by atoms with van der Waals surface area (Å²) in [6.45, 7) is 5.50. The molecular weight excluding hydrogens is 312 g/mol. The molecule has 0 spiro atoms. The third-order valence-electron chi connectivity index (χ3n) is 5.21. The van der Waals surface area contributed by atoms with Gasteiger partial charge in [-0.25, -0.2) is 0 Å². The Bertz CT molecular complexity index is 584. The Balaban J connectivity index is 1.88. The highest BCUT2D eigenvalue weighted by Crippen LogP contribution is 2.49. The molecule has 1 fully saturated rings. The van der Waals surface area contributed by atoms with Crippen LogP contribution in [0.3, 0.4) is 0 Å². The molecule has 0 radical (unpaired) electrons. The first-order valence-corrected chi connectivity index (χ1v) is 8.71. The lowest BCUT2D eigenvalue weighted by Crippen LogP contribution is -2.46. The molecule has 1 aliphatic heterocycles. The second-order valence-electron chi connectivity index (χ2n) is 6.60. The molecule has 1 aromatic carbocycles. The van der Waals surface area contributed by atoms with Crippen molar-refractivity contribution in [3.8, 4) is 0 Å². The number of halogens is 1. The van der Waals surface area contributed by atoms with Crippen molar-refractivity contribution >= 4 is 17.6 Å². The highest BCUT2D eigenvalue weighted by molar-refractivity contribution is 6.26. The van der Waals surface area contributed by atoms with Gasteiger partial charge in [0.1, 0.15) is 5.88 Å². The van der Waals surface area contributed by atoms with Crippen LogP contribution in [0.5, 0.6) is 0 Å². The Labute approximate surface area is 142 Å². The van der Waals surface area contributed by atoms with Crippen LogP contribution in [0.25, 0.3) is 0 Å². The third kappa shape index (κ3) is 3.31. The van der Waals surface area contributed by atoms with Crippen LogP contribution in [0.15, 0.2) is 42.0 Å². The Morgan fingerprint density at radius 1 is 1.35 bits per heavy atom. The van der Waals surface area contributed by atoms with Gasteiger partial charge in [0.2, 0.25) is 0 Å². The number of allylic oxidation sites excluding steroid dienone is 1. The van der Waals surface area contributed by atoms with Gasteiger partial charge in [-0.3, -0.25) is 4.79 Å². The lowest BCUT2D eigenvalue weighted by molar-refractivity contribution is -0.152. The quantitative estimate of drug-likeness (QED) is 0.474. The van der Waals surface area contributed by atoms with E-state index >= 15 is 0 Å². The Morgan fingerprint density at radius 2 is 2.09 bits per heavy atom. The zero-order valence-electron chi connectivity index (χ0n) is 13.6. The smallest absolute Gasteiger partial charge is 0.320 e. The SMILES string of the molecule is CC1=C[C@@H](C)[C@H]2CO[C@@H](c3ccccc3)[C@H]1[C@@H]2COC(=O)CCl. The molecule has 124 valence electrons. The van der Waals surface area contributed by atoms with Crippen molar-refractivity contribution in [1.29, 1.82) is 0 Å². The van der Waals surface area contributed by atoms with Gasteiger partial charge in [-0.1, -0.05) is 48.9 Å². The van der Waals surface area contributed by atoms with Gasteiger partial charge in [-0.15, -0.1) is 11.6 Å². The summed E-state index contributed by atoms with van der Waals surface area (Å²) in [6.07, 6.45) is 2.38.